The standard InChI is InChI=1S/C14H17ClN2/c15-13-6-7-16-14-12(13)9-11(17-14)8-10-4-2-1-3-5-10/h6-7,9-10H,1-5,8H2,(H,16,17). The van der Waals surface area contributed by atoms with Crippen LogP contribution in [0.1, 0.15) is 37.8 Å². The molecule has 1 aliphatic rings. The van der Waals surface area contributed by atoms with Gasteiger partial charge in [0.25, 0.3) is 0 Å². The number of aromatic amines is 1. The largest absolute Gasteiger partial charge is 0.343 e. The minimum atomic E-state index is 0.793. The molecule has 0 bridgehead atoms. The van der Waals surface area contributed by atoms with E-state index in [-0.39, 0.29) is 0 Å². The smallest absolute Gasteiger partial charge is 0.138 e. The summed E-state index contributed by atoms with van der Waals surface area (Å²) >= 11 is 6.15. The topological polar surface area (TPSA) is 28.7 Å². The van der Waals surface area contributed by atoms with Crippen LogP contribution in [-0.4, -0.2) is 9.97 Å². The predicted octanol–water partition coefficient (Wildman–Crippen LogP) is 4.34. The lowest BCUT2D eigenvalue weighted by Gasteiger charge is -2.20. The van der Waals surface area contributed by atoms with Crippen molar-refractivity contribution in [3.05, 3.63) is 29.0 Å². The summed E-state index contributed by atoms with van der Waals surface area (Å²) in [6.45, 7) is 0. The number of hydrogen-bond acceptors (Lipinski definition) is 1. The highest BCUT2D eigenvalue weighted by molar-refractivity contribution is 6.35. The van der Waals surface area contributed by atoms with Crippen LogP contribution in [0.5, 0.6) is 0 Å². The molecule has 0 spiro atoms. The van der Waals surface area contributed by atoms with Crippen LogP contribution in [0.3, 0.4) is 0 Å². The molecular weight excluding hydrogens is 232 g/mol. The van der Waals surface area contributed by atoms with Crippen LogP contribution < -0.4 is 0 Å². The molecule has 1 saturated carbocycles. The number of aromatic nitrogens is 2. The Morgan fingerprint density at radius 3 is 2.88 bits per heavy atom. The molecular formula is C14H17ClN2. The van der Waals surface area contributed by atoms with E-state index in [9.17, 15) is 0 Å². The van der Waals surface area contributed by atoms with Gasteiger partial charge in [0.05, 0.1) is 5.02 Å². The zero-order valence-electron chi connectivity index (χ0n) is 9.88. The summed E-state index contributed by atoms with van der Waals surface area (Å²) in [5.74, 6) is 0.843. The van der Waals surface area contributed by atoms with E-state index in [1.54, 1.807) is 6.20 Å². The van der Waals surface area contributed by atoms with Crippen molar-refractivity contribution in [2.45, 2.75) is 38.5 Å². The summed E-state index contributed by atoms with van der Waals surface area (Å²) in [7, 11) is 0. The van der Waals surface area contributed by atoms with E-state index in [1.807, 2.05) is 6.07 Å². The minimum Gasteiger partial charge on any atom is -0.343 e. The monoisotopic (exact) mass is 248 g/mol. The van der Waals surface area contributed by atoms with Gasteiger partial charge in [0, 0.05) is 17.3 Å². The van der Waals surface area contributed by atoms with Crippen molar-refractivity contribution in [1.29, 1.82) is 0 Å². The highest BCUT2D eigenvalue weighted by Crippen LogP contribution is 2.29. The molecule has 0 radical (unpaired) electrons. The summed E-state index contributed by atoms with van der Waals surface area (Å²) in [4.78, 5) is 7.70. The van der Waals surface area contributed by atoms with Crippen LogP contribution >= 0.6 is 11.6 Å². The highest BCUT2D eigenvalue weighted by Gasteiger charge is 2.15. The lowest BCUT2D eigenvalue weighted by molar-refractivity contribution is 0.355. The van der Waals surface area contributed by atoms with E-state index >= 15 is 0 Å². The molecule has 0 aliphatic heterocycles. The Labute approximate surface area is 106 Å². The van der Waals surface area contributed by atoms with E-state index in [0.717, 1.165) is 28.4 Å². The number of nitrogens with zero attached hydrogens (tertiary/aromatic N) is 1. The third-order valence-corrected chi connectivity index (χ3v) is 4.10. The van der Waals surface area contributed by atoms with Crippen molar-refractivity contribution in [3.8, 4) is 0 Å². The van der Waals surface area contributed by atoms with Gasteiger partial charge in [-0.2, -0.15) is 0 Å². The average molecular weight is 249 g/mol. The van der Waals surface area contributed by atoms with Gasteiger partial charge in [-0.05, 0) is 24.5 Å². The Kier molecular flexibility index (Phi) is 3.06. The second-order valence-corrected chi connectivity index (χ2v) is 5.46. The van der Waals surface area contributed by atoms with E-state index in [2.05, 4.69) is 16.0 Å². The first-order chi connectivity index (χ1) is 8.33. The molecule has 0 atom stereocenters. The number of halogens is 1. The summed E-state index contributed by atoms with van der Waals surface area (Å²) in [6.07, 6.45) is 9.84. The molecule has 90 valence electrons. The number of nitrogens with one attached hydrogen (secondary N) is 1. The summed E-state index contributed by atoms with van der Waals surface area (Å²) in [5, 5.41) is 1.85. The number of hydrogen-bond donors (Lipinski definition) is 1. The Balaban J connectivity index is 1.83. The van der Waals surface area contributed by atoms with E-state index in [1.165, 1.54) is 37.8 Å². The maximum Gasteiger partial charge on any atom is 0.138 e. The maximum atomic E-state index is 6.15. The predicted molar refractivity (Wildman–Crippen MR) is 71.4 cm³/mol. The van der Waals surface area contributed by atoms with E-state index < -0.39 is 0 Å². The third kappa shape index (κ3) is 2.32. The Bertz CT molecular complexity index is 512. The first kappa shape index (κ1) is 11.1. The number of fused-ring (bicyclic) bond motifs is 1. The fourth-order valence-corrected chi connectivity index (χ4v) is 3.06. The van der Waals surface area contributed by atoms with Gasteiger partial charge in [0.2, 0.25) is 0 Å². The summed E-state index contributed by atoms with van der Waals surface area (Å²) in [5.41, 5.74) is 2.20. The minimum absolute atomic E-state index is 0.793. The molecule has 0 saturated heterocycles. The van der Waals surface area contributed by atoms with Crippen molar-refractivity contribution >= 4 is 22.6 Å². The SMILES string of the molecule is Clc1ccnc2[nH]c(CC3CCCCC3)cc12. The molecule has 3 heteroatoms. The van der Waals surface area contributed by atoms with Crippen LogP contribution in [0.25, 0.3) is 11.0 Å². The van der Waals surface area contributed by atoms with Gasteiger partial charge in [-0.15, -0.1) is 0 Å². The first-order valence-electron chi connectivity index (χ1n) is 6.45. The van der Waals surface area contributed by atoms with Crippen LogP contribution in [0.2, 0.25) is 5.02 Å². The zero-order valence-corrected chi connectivity index (χ0v) is 10.6. The van der Waals surface area contributed by atoms with Crippen LogP contribution in [0.4, 0.5) is 0 Å². The lowest BCUT2D eigenvalue weighted by atomic mass is 9.86. The van der Waals surface area contributed by atoms with Gasteiger partial charge >= 0.3 is 0 Å². The Hall–Kier alpha value is -1.02. The highest BCUT2D eigenvalue weighted by atomic mass is 35.5. The van der Waals surface area contributed by atoms with E-state index in [4.69, 9.17) is 11.6 Å². The van der Waals surface area contributed by atoms with Gasteiger partial charge in [-0.1, -0.05) is 43.7 Å². The van der Waals surface area contributed by atoms with Gasteiger partial charge < -0.3 is 4.98 Å². The molecule has 0 unspecified atom stereocenters. The lowest BCUT2D eigenvalue weighted by Crippen LogP contribution is -2.09. The van der Waals surface area contributed by atoms with Crippen LogP contribution in [-0.2, 0) is 6.42 Å². The van der Waals surface area contributed by atoms with Crippen LogP contribution in [0, 0.1) is 5.92 Å². The maximum absolute atomic E-state index is 6.15. The zero-order chi connectivity index (χ0) is 11.7. The van der Waals surface area contributed by atoms with Gasteiger partial charge in [0.1, 0.15) is 5.65 Å². The van der Waals surface area contributed by atoms with Gasteiger partial charge in [-0.3, -0.25) is 0 Å². The normalized spacial score (nSPS) is 17.7. The van der Waals surface area contributed by atoms with Crippen LogP contribution in [0.15, 0.2) is 18.3 Å². The molecule has 0 amide bonds. The molecule has 1 aliphatic carbocycles. The first-order valence-corrected chi connectivity index (χ1v) is 6.83. The number of H-pyrrole nitrogens is 1. The van der Waals surface area contributed by atoms with Crippen molar-refractivity contribution in [2.75, 3.05) is 0 Å². The second kappa shape index (κ2) is 4.69. The van der Waals surface area contributed by atoms with Crippen molar-refractivity contribution in [1.82, 2.24) is 9.97 Å². The van der Waals surface area contributed by atoms with Gasteiger partial charge in [-0.25, -0.2) is 4.98 Å². The molecule has 1 N–H and O–H groups in total. The summed E-state index contributed by atoms with van der Waals surface area (Å²) in [6, 6.07) is 4.02. The van der Waals surface area contributed by atoms with Gasteiger partial charge in [0.15, 0.2) is 0 Å². The van der Waals surface area contributed by atoms with Crippen molar-refractivity contribution in [3.63, 3.8) is 0 Å². The molecule has 1 fully saturated rings. The van der Waals surface area contributed by atoms with Crippen molar-refractivity contribution in [2.24, 2.45) is 5.92 Å². The fraction of sp³-hybridized carbons (Fsp3) is 0.500. The average Bonchev–Trinajstić information content (AvgIpc) is 2.74. The second-order valence-electron chi connectivity index (χ2n) is 5.06. The molecule has 3 rings (SSSR count). The molecule has 17 heavy (non-hydrogen) atoms. The molecule has 2 aromatic heterocycles. The summed E-state index contributed by atoms with van der Waals surface area (Å²) < 4.78 is 0. The third-order valence-electron chi connectivity index (χ3n) is 3.77. The Morgan fingerprint density at radius 1 is 1.29 bits per heavy atom. The molecule has 2 nitrogen and oxygen atoms in total. The fourth-order valence-electron chi connectivity index (χ4n) is 2.86. The quantitative estimate of drug-likeness (QED) is 0.842. The molecule has 2 aromatic rings. The molecule has 2 heterocycles. The van der Waals surface area contributed by atoms with E-state index in [0.29, 0.717) is 0 Å². The molecule has 0 aromatic carbocycles. The number of pyridine rings is 1. The number of rotatable bonds is 2. The Morgan fingerprint density at radius 2 is 2.12 bits per heavy atom. The van der Waals surface area contributed by atoms with Crippen molar-refractivity contribution < 1.29 is 0 Å².